The summed E-state index contributed by atoms with van der Waals surface area (Å²) < 4.78 is 1.83. The number of nitrogens with zero attached hydrogens (tertiary/aromatic N) is 3. The van der Waals surface area contributed by atoms with Crippen LogP contribution in [0, 0.1) is 5.92 Å². The third-order valence-electron chi connectivity index (χ3n) is 2.69. The minimum atomic E-state index is -0.141. The first kappa shape index (κ1) is 13.0. The van der Waals surface area contributed by atoms with Crippen LogP contribution in [0.4, 0.5) is 0 Å². The van der Waals surface area contributed by atoms with Crippen LogP contribution in [-0.2, 0) is 11.3 Å². The molecule has 6 heteroatoms. The van der Waals surface area contributed by atoms with Crippen LogP contribution in [0.5, 0.6) is 0 Å². The maximum atomic E-state index is 12.3. The molecule has 0 atom stereocenters. The van der Waals surface area contributed by atoms with Crippen molar-refractivity contribution in [2.45, 2.75) is 20.3 Å². The quantitative estimate of drug-likeness (QED) is 0.798. The standard InChI is InChI=1S/C12H17N3O2S/c1-8(2)5-9-11(12(16)14(3)17-4)15-7-13-6-10(15)18-9/h6-8H,5H2,1-4H3. The lowest BCUT2D eigenvalue weighted by molar-refractivity contribution is -0.0761. The van der Waals surface area contributed by atoms with Crippen molar-refractivity contribution in [3.8, 4) is 0 Å². The monoisotopic (exact) mass is 267 g/mol. The number of carbonyl (C=O) groups excluding carboxylic acids is 1. The Bertz CT molecular complexity index is 559. The van der Waals surface area contributed by atoms with Gasteiger partial charge in [0.1, 0.15) is 16.9 Å². The third kappa shape index (κ3) is 2.26. The number of thiazole rings is 1. The summed E-state index contributed by atoms with van der Waals surface area (Å²) in [5.74, 6) is 0.359. The Balaban J connectivity index is 2.50. The van der Waals surface area contributed by atoms with E-state index in [-0.39, 0.29) is 5.91 Å². The average molecular weight is 267 g/mol. The molecule has 0 unspecified atom stereocenters. The van der Waals surface area contributed by atoms with Gasteiger partial charge in [0.2, 0.25) is 0 Å². The number of amides is 1. The zero-order valence-corrected chi connectivity index (χ0v) is 11.8. The molecule has 0 saturated carbocycles. The van der Waals surface area contributed by atoms with E-state index in [0.29, 0.717) is 11.6 Å². The fourth-order valence-electron chi connectivity index (χ4n) is 1.80. The fraction of sp³-hybridized carbons (Fsp3) is 0.500. The molecule has 0 aliphatic heterocycles. The van der Waals surface area contributed by atoms with Crippen LogP contribution in [0.3, 0.4) is 0 Å². The first-order valence-electron chi connectivity index (χ1n) is 5.80. The molecule has 2 rings (SSSR count). The van der Waals surface area contributed by atoms with Crippen molar-refractivity contribution in [3.63, 3.8) is 0 Å². The number of rotatable bonds is 4. The molecule has 1 amide bonds. The molecule has 0 bridgehead atoms. The highest BCUT2D eigenvalue weighted by atomic mass is 32.1. The second-order valence-corrected chi connectivity index (χ2v) is 5.67. The van der Waals surface area contributed by atoms with E-state index < -0.39 is 0 Å². The van der Waals surface area contributed by atoms with Crippen LogP contribution >= 0.6 is 11.3 Å². The van der Waals surface area contributed by atoms with Gasteiger partial charge in [-0.15, -0.1) is 11.3 Å². The molecule has 2 aromatic heterocycles. The Hall–Kier alpha value is -1.40. The number of fused-ring (bicyclic) bond motifs is 1. The second kappa shape index (κ2) is 5.07. The summed E-state index contributed by atoms with van der Waals surface area (Å²) in [6, 6.07) is 0. The predicted octanol–water partition coefficient (Wildman–Crippen LogP) is 2.23. The summed E-state index contributed by atoms with van der Waals surface area (Å²) in [4.78, 5) is 23.4. The summed E-state index contributed by atoms with van der Waals surface area (Å²) in [5, 5.41) is 1.24. The number of carbonyl (C=O) groups is 1. The minimum Gasteiger partial charge on any atom is -0.285 e. The van der Waals surface area contributed by atoms with E-state index in [0.717, 1.165) is 16.1 Å². The number of imidazole rings is 1. The molecule has 0 N–H and O–H groups in total. The molecule has 2 heterocycles. The molecule has 98 valence electrons. The van der Waals surface area contributed by atoms with E-state index in [1.165, 1.54) is 12.2 Å². The van der Waals surface area contributed by atoms with Crippen LogP contribution in [-0.4, -0.2) is 34.5 Å². The molecule has 2 aromatic rings. The minimum absolute atomic E-state index is 0.141. The molecule has 0 radical (unpaired) electrons. The van der Waals surface area contributed by atoms with E-state index in [1.807, 2.05) is 4.40 Å². The molecule has 5 nitrogen and oxygen atoms in total. The summed E-state index contributed by atoms with van der Waals surface area (Å²) in [5.41, 5.74) is 0.658. The zero-order chi connectivity index (χ0) is 13.3. The molecule has 0 aromatic carbocycles. The maximum absolute atomic E-state index is 12.3. The van der Waals surface area contributed by atoms with Crippen molar-refractivity contribution >= 4 is 22.1 Å². The Kier molecular flexibility index (Phi) is 3.68. The van der Waals surface area contributed by atoms with Gasteiger partial charge in [0.05, 0.1) is 13.3 Å². The molecular formula is C12H17N3O2S. The average Bonchev–Trinajstić information content (AvgIpc) is 2.86. The van der Waals surface area contributed by atoms with E-state index in [4.69, 9.17) is 4.84 Å². The summed E-state index contributed by atoms with van der Waals surface area (Å²) >= 11 is 1.61. The third-order valence-corrected chi connectivity index (χ3v) is 3.81. The smallest absolute Gasteiger partial charge is 0.285 e. The number of aromatic nitrogens is 2. The molecule has 0 aliphatic carbocycles. The topological polar surface area (TPSA) is 46.8 Å². The molecule has 0 fully saturated rings. The number of hydrogen-bond acceptors (Lipinski definition) is 4. The van der Waals surface area contributed by atoms with Crippen LogP contribution in [0.25, 0.3) is 4.83 Å². The van der Waals surface area contributed by atoms with Crippen molar-refractivity contribution in [1.82, 2.24) is 14.4 Å². The van der Waals surface area contributed by atoms with E-state index >= 15 is 0 Å². The van der Waals surface area contributed by atoms with E-state index in [2.05, 4.69) is 18.8 Å². The van der Waals surface area contributed by atoms with Gasteiger partial charge in [-0.3, -0.25) is 14.0 Å². The van der Waals surface area contributed by atoms with Crippen molar-refractivity contribution in [2.75, 3.05) is 14.2 Å². The summed E-state index contributed by atoms with van der Waals surface area (Å²) in [6.07, 6.45) is 4.33. The highest BCUT2D eigenvalue weighted by Gasteiger charge is 2.22. The highest BCUT2D eigenvalue weighted by molar-refractivity contribution is 7.17. The fourth-order valence-corrected chi connectivity index (χ4v) is 3.10. The van der Waals surface area contributed by atoms with Crippen molar-refractivity contribution in [2.24, 2.45) is 5.92 Å². The van der Waals surface area contributed by atoms with E-state index in [9.17, 15) is 4.79 Å². The SMILES string of the molecule is CON(C)C(=O)c1c(CC(C)C)sc2cncn12. The summed E-state index contributed by atoms with van der Waals surface area (Å²) in [7, 11) is 3.10. The predicted molar refractivity (Wildman–Crippen MR) is 70.7 cm³/mol. The summed E-state index contributed by atoms with van der Waals surface area (Å²) in [6.45, 7) is 4.28. The molecular weight excluding hydrogens is 250 g/mol. The Morgan fingerprint density at radius 1 is 1.61 bits per heavy atom. The second-order valence-electron chi connectivity index (χ2n) is 4.56. The van der Waals surface area contributed by atoms with Gasteiger partial charge in [-0.2, -0.15) is 0 Å². The maximum Gasteiger partial charge on any atom is 0.295 e. The molecule has 0 saturated heterocycles. The lowest BCUT2D eigenvalue weighted by atomic mass is 10.1. The van der Waals surface area contributed by atoms with Gasteiger partial charge in [-0.05, 0) is 12.3 Å². The Morgan fingerprint density at radius 3 is 2.94 bits per heavy atom. The lowest BCUT2D eigenvalue weighted by Crippen LogP contribution is -2.27. The van der Waals surface area contributed by atoms with Crippen LogP contribution in [0.1, 0.15) is 29.2 Å². The van der Waals surface area contributed by atoms with Crippen LogP contribution < -0.4 is 0 Å². The zero-order valence-electron chi connectivity index (χ0n) is 11.0. The number of hydrogen-bond donors (Lipinski definition) is 0. The molecule has 0 spiro atoms. The lowest BCUT2D eigenvalue weighted by Gasteiger charge is -2.14. The Morgan fingerprint density at radius 2 is 2.33 bits per heavy atom. The van der Waals surface area contributed by atoms with Gasteiger partial charge < -0.3 is 0 Å². The van der Waals surface area contributed by atoms with Crippen molar-refractivity contribution < 1.29 is 9.63 Å². The van der Waals surface area contributed by atoms with Gasteiger partial charge in [0, 0.05) is 11.9 Å². The van der Waals surface area contributed by atoms with Gasteiger partial charge in [0.15, 0.2) is 0 Å². The van der Waals surface area contributed by atoms with E-state index in [1.54, 1.807) is 30.9 Å². The Labute approximate surface area is 110 Å². The van der Waals surface area contributed by atoms with Crippen molar-refractivity contribution in [3.05, 3.63) is 23.1 Å². The van der Waals surface area contributed by atoms with Gasteiger partial charge in [-0.25, -0.2) is 10.0 Å². The number of hydroxylamine groups is 2. The first-order chi connectivity index (χ1) is 8.54. The van der Waals surface area contributed by atoms with Gasteiger partial charge >= 0.3 is 0 Å². The van der Waals surface area contributed by atoms with Gasteiger partial charge in [-0.1, -0.05) is 13.8 Å². The van der Waals surface area contributed by atoms with Crippen LogP contribution in [0.2, 0.25) is 0 Å². The van der Waals surface area contributed by atoms with Gasteiger partial charge in [0.25, 0.3) is 5.91 Å². The van der Waals surface area contributed by atoms with Crippen LogP contribution in [0.15, 0.2) is 12.5 Å². The normalized spacial score (nSPS) is 11.4. The largest absolute Gasteiger partial charge is 0.295 e. The van der Waals surface area contributed by atoms with Crippen molar-refractivity contribution in [1.29, 1.82) is 0 Å². The first-order valence-corrected chi connectivity index (χ1v) is 6.62. The highest BCUT2D eigenvalue weighted by Crippen LogP contribution is 2.26. The molecule has 0 aliphatic rings. The molecule has 18 heavy (non-hydrogen) atoms.